The van der Waals surface area contributed by atoms with Gasteiger partial charge in [-0.15, -0.1) is 0 Å². The van der Waals surface area contributed by atoms with Crippen LogP contribution in [0, 0.1) is 0 Å². The van der Waals surface area contributed by atoms with Gasteiger partial charge in [0.1, 0.15) is 5.75 Å². The highest BCUT2D eigenvalue weighted by Gasteiger charge is 2.03. The molecule has 1 N–H and O–H groups in total. The Morgan fingerprint density at radius 3 is 2.62 bits per heavy atom. The average Bonchev–Trinajstić information content (AvgIpc) is 3.03. The Morgan fingerprint density at radius 1 is 1.17 bits per heavy atom. The highest BCUT2D eigenvalue weighted by atomic mass is 16.5. The van der Waals surface area contributed by atoms with E-state index in [9.17, 15) is 4.79 Å². The molecule has 0 saturated carbocycles. The minimum atomic E-state index is 0.0571. The first-order chi connectivity index (χ1) is 11.7. The number of amides is 1. The maximum Gasteiger partial charge on any atom is 0.220 e. The monoisotopic (exact) mass is 331 g/mol. The summed E-state index contributed by atoms with van der Waals surface area (Å²) in [6.45, 7) is 1.85. The van der Waals surface area contributed by atoms with Crippen LogP contribution in [0.25, 0.3) is 11.1 Å². The van der Waals surface area contributed by atoms with E-state index in [2.05, 4.69) is 10.4 Å². The Bertz CT molecular complexity index is 623. The van der Waals surface area contributed by atoms with Crippen molar-refractivity contribution in [1.82, 2.24) is 15.1 Å². The van der Waals surface area contributed by atoms with Gasteiger partial charge in [-0.1, -0.05) is 12.1 Å². The third kappa shape index (κ3) is 6.04. The molecule has 1 aromatic carbocycles. The van der Waals surface area contributed by atoms with Crippen LogP contribution in [-0.2, 0) is 16.6 Å². The number of ether oxygens (including phenoxy) is 2. The fraction of sp³-hybridized carbons (Fsp3) is 0.444. The smallest absolute Gasteiger partial charge is 0.220 e. The molecule has 0 atom stereocenters. The van der Waals surface area contributed by atoms with Crippen molar-refractivity contribution < 1.29 is 14.3 Å². The first-order valence-corrected chi connectivity index (χ1v) is 8.16. The quantitative estimate of drug-likeness (QED) is 0.679. The number of aromatic nitrogens is 2. The summed E-state index contributed by atoms with van der Waals surface area (Å²) in [6.07, 6.45) is 5.81. The third-order valence-corrected chi connectivity index (χ3v) is 3.56. The molecule has 6 nitrogen and oxygen atoms in total. The second-order valence-corrected chi connectivity index (χ2v) is 5.58. The molecule has 2 rings (SSSR count). The van der Waals surface area contributed by atoms with Crippen molar-refractivity contribution in [1.29, 1.82) is 0 Å². The Morgan fingerprint density at radius 2 is 1.96 bits per heavy atom. The lowest BCUT2D eigenvalue weighted by atomic mass is 10.1. The maximum absolute atomic E-state index is 11.6. The van der Waals surface area contributed by atoms with Crippen LogP contribution in [0.2, 0.25) is 0 Å². The molecule has 0 aliphatic carbocycles. The molecule has 0 saturated heterocycles. The third-order valence-electron chi connectivity index (χ3n) is 3.56. The van der Waals surface area contributed by atoms with Gasteiger partial charge in [0.05, 0.1) is 12.8 Å². The topological polar surface area (TPSA) is 65.4 Å². The van der Waals surface area contributed by atoms with E-state index in [0.717, 1.165) is 23.3 Å². The summed E-state index contributed by atoms with van der Waals surface area (Å²) in [5.74, 6) is 0.866. The zero-order chi connectivity index (χ0) is 17.2. The molecular weight excluding hydrogens is 306 g/mol. The Kier molecular flexibility index (Phi) is 7.29. The molecule has 1 aromatic heterocycles. The predicted molar refractivity (Wildman–Crippen MR) is 92.9 cm³/mol. The maximum atomic E-state index is 11.6. The van der Waals surface area contributed by atoms with Crippen molar-refractivity contribution in [2.24, 2.45) is 7.05 Å². The minimum Gasteiger partial charge on any atom is -0.494 e. The standard InChI is InChI=1S/C18H25N3O3/c1-21-14-16(13-20-21)15-6-8-17(9-7-15)24-12-3-5-18(22)19-10-4-11-23-2/h6-9,13-14H,3-5,10-12H2,1-2H3,(H,19,22). The van der Waals surface area contributed by atoms with E-state index >= 15 is 0 Å². The first kappa shape index (κ1) is 18.0. The molecule has 6 heteroatoms. The number of aryl methyl sites for hydroxylation is 1. The molecule has 0 unspecified atom stereocenters. The molecule has 24 heavy (non-hydrogen) atoms. The molecule has 2 aromatic rings. The highest BCUT2D eigenvalue weighted by Crippen LogP contribution is 2.21. The lowest BCUT2D eigenvalue weighted by Crippen LogP contribution is -2.25. The number of carbonyl (C=O) groups excluding carboxylic acids is 1. The molecule has 0 aliphatic heterocycles. The van der Waals surface area contributed by atoms with Crippen LogP contribution in [0.3, 0.4) is 0 Å². The molecule has 0 bridgehead atoms. The predicted octanol–water partition coefficient (Wildman–Crippen LogP) is 2.40. The highest BCUT2D eigenvalue weighted by molar-refractivity contribution is 5.75. The van der Waals surface area contributed by atoms with Gasteiger partial charge in [0.25, 0.3) is 0 Å². The lowest BCUT2D eigenvalue weighted by Gasteiger charge is -2.07. The summed E-state index contributed by atoms with van der Waals surface area (Å²) in [7, 11) is 3.55. The first-order valence-electron chi connectivity index (χ1n) is 8.16. The van der Waals surface area contributed by atoms with E-state index in [4.69, 9.17) is 9.47 Å². The molecule has 0 fully saturated rings. The Labute approximate surface area is 142 Å². The molecule has 1 amide bonds. The SMILES string of the molecule is COCCCNC(=O)CCCOc1ccc(-c2cnn(C)c2)cc1. The van der Waals surface area contributed by atoms with Crippen LogP contribution < -0.4 is 10.1 Å². The van der Waals surface area contributed by atoms with Crippen molar-refractivity contribution in [2.45, 2.75) is 19.3 Å². The molecule has 130 valence electrons. The van der Waals surface area contributed by atoms with Gasteiger partial charge in [0.15, 0.2) is 0 Å². The number of hydrogen-bond acceptors (Lipinski definition) is 4. The van der Waals surface area contributed by atoms with Gasteiger partial charge in [-0.2, -0.15) is 5.10 Å². The molecule has 0 spiro atoms. The van der Waals surface area contributed by atoms with Crippen molar-refractivity contribution in [2.75, 3.05) is 26.9 Å². The van der Waals surface area contributed by atoms with E-state index < -0.39 is 0 Å². The van der Waals surface area contributed by atoms with Gasteiger partial charge in [-0.3, -0.25) is 9.48 Å². The summed E-state index contributed by atoms with van der Waals surface area (Å²) >= 11 is 0. The van der Waals surface area contributed by atoms with Crippen molar-refractivity contribution >= 4 is 5.91 Å². The number of nitrogens with one attached hydrogen (secondary N) is 1. The second-order valence-electron chi connectivity index (χ2n) is 5.58. The van der Waals surface area contributed by atoms with Crippen LogP contribution in [-0.4, -0.2) is 42.6 Å². The number of carbonyl (C=O) groups is 1. The lowest BCUT2D eigenvalue weighted by molar-refractivity contribution is -0.121. The van der Waals surface area contributed by atoms with Gasteiger partial charge >= 0.3 is 0 Å². The number of benzene rings is 1. The van der Waals surface area contributed by atoms with Gasteiger partial charge in [0.2, 0.25) is 5.91 Å². The van der Waals surface area contributed by atoms with Gasteiger partial charge < -0.3 is 14.8 Å². The van der Waals surface area contributed by atoms with Crippen LogP contribution >= 0.6 is 0 Å². The number of nitrogens with zero attached hydrogens (tertiary/aromatic N) is 2. The Balaban J connectivity index is 1.65. The summed E-state index contributed by atoms with van der Waals surface area (Å²) in [4.78, 5) is 11.6. The van der Waals surface area contributed by atoms with E-state index in [1.165, 1.54) is 0 Å². The summed E-state index contributed by atoms with van der Waals surface area (Å²) in [5, 5.41) is 7.03. The number of rotatable bonds is 10. The zero-order valence-corrected chi connectivity index (χ0v) is 14.3. The zero-order valence-electron chi connectivity index (χ0n) is 14.3. The average molecular weight is 331 g/mol. The van der Waals surface area contributed by atoms with Crippen molar-refractivity contribution in [3.8, 4) is 16.9 Å². The normalized spacial score (nSPS) is 10.6. The minimum absolute atomic E-state index is 0.0571. The fourth-order valence-corrected chi connectivity index (χ4v) is 2.27. The van der Waals surface area contributed by atoms with Crippen molar-refractivity contribution in [3.63, 3.8) is 0 Å². The molecular formula is C18H25N3O3. The van der Waals surface area contributed by atoms with E-state index in [1.807, 2.05) is 43.7 Å². The Hall–Kier alpha value is -2.34. The number of hydrogen-bond donors (Lipinski definition) is 1. The van der Waals surface area contributed by atoms with Crippen molar-refractivity contribution in [3.05, 3.63) is 36.7 Å². The van der Waals surface area contributed by atoms with Crippen LogP contribution in [0.4, 0.5) is 0 Å². The van der Waals surface area contributed by atoms with Crippen LogP contribution in [0.1, 0.15) is 19.3 Å². The number of methoxy groups -OCH3 is 1. The molecule has 1 heterocycles. The summed E-state index contributed by atoms with van der Waals surface area (Å²) in [6, 6.07) is 7.89. The van der Waals surface area contributed by atoms with Crippen LogP contribution in [0.15, 0.2) is 36.7 Å². The summed E-state index contributed by atoms with van der Waals surface area (Å²) in [5.41, 5.74) is 2.18. The van der Waals surface area contributed by atoms with E-state index in [0.29, 0.717) is 32.6 Å². The van der Waals surface area contributed by atoms with Crippen LogP contribution in [0.5, 0.6) is 5.75 Å². The van der Waals surface area contributed by atoms with Gasteiger partial charge in [-0.25, -0.2) is 0 Å². The van der Waals surface area contributed by atoms with E-state index in [-0.39, 0.29) is 5.91 Å². The summed E-state index contributed by atoms with van der Waals surface area (Å²) < 4.78 is 12.4. The second kappa shape index (κ2) is 9.72. The van der Waals surface area contributed by atoms with Gasteiger partial charge in [-0.05, 0) is 30.5 Å². The molecule has 0 aliphatic rings. The van der Waals surface area contributed by atoms with Gasteiger partial charge in [0, 0.05) is 45.5 Å². The molecule has 0 radical (unpaired) electrons. The van der Waals surface area contributed by atoms with E-state index in [1.54, 1.807) is 11.8 Å². The largest absolute Gasteiger partial charge is 0.494 e. The fourth-order valence-electron chi connectivity index (χ4n) is 2.27.